The Kier molecular flexibility index (Phi) is 6.04. The standard InChI is InChI=1S/C26H27N3O2S/c30-24(21-12-7-15-29(17-21)25(31)20-13-14-20)28-26-27-22(16-18-8-3-1-4-9-18)23(32-26)19-10-5-2-6-11-19/h1-6,8-11,20-21H,7,12-17H2,(H,27,28,30). The Labute approximate surface area is 192 Å². The monoisotopic (exact) mass is 445 g/mol. The smallest absolute Gasteiger partial charge is 0.231 e. The zero-order chi connectivity index (χ0) is 21.9. The minimum atomic E-state index is -0.173. The van der Waals surface area contributed by atoms with Crippen molar-refractivity contribution < 1.29 is 9.59 Å². The van der Waals surface area contributed by atoms with Gasteiger partial charge >= 0.3 is 0 Å². The first-order chi connectivity index (χ1) is 15.7. The summed E-state index contributed by atoms with van der Waals surface area (Å²) in [5.41, 5.74) is 3.27. The number of nitrogens with one attached hydrogen (secondary N) is 1. The third-order valence-electron chi connectivity index (χ3n) is 6.21. The molecule has 164 valence electrons. The quantitative estimate of drug-likeness (QED) is 0.582. The lowest BCUT2D eigenvalue weighted by molar-refractivity contribution is -0.135. The SMILES string of the molecule is O=C(Nc1nc(Cc2ccccc2)c(-c2ccccc2)s1)C1CCCN(C(=O)C2CC2)C1. The summed E-state index contributed by atoms with van der Waals surface area (Å²) in [4.78, 5) is 33.3. The van der Waals surface area contributed by atoms with E-state index in [2.05, 4.69) is 29.6 Å². The fourth-order valence-corrected chi connectivity index (χ4v) is 5.31. The van der Waals surface area contributed by atoms with E-state index < -0.39 is 0 Å². The molecule has 32 heavy (non-hydrogen) atoms. The number of likely N-dealkylation sites (tertiary alicyclic amines) is 1. The largest absolute Gasteiger partial charge is 0.342 e. The van der Waals surface area contributed by atoms with Crippen LogP contribution in [0.2, 0.25) is 0 Å². The fourth-order valence-electron chi connectivity index (χ4n) is 4.32. The molecule has 2 heterocycles. The van der Waals surface area contributed by atoms with Gasteiger partial charge in [-0.3, -0.25) is 9.59 Å². The summed E-state index contributed by atoms with van der Waals surface area (Å²) in [6.07, 6.45) is 4.40. The summed E-state index contributed by atoms with van der Waals surface area (Å²) in [5.74, 6) is 0.226. The number of hydrogen-bond acceptors (Lipinski definition) is 4. The van der Waals surface area contributed by atoms with Crippen LogP contribution >= 0.6 is 11.3 Å². The molecule has 1 atom stereocenters. The van der Waals surface area contributed by atoms with Crippen LogP contribution in [0.15, 0.2) is 60.7 Å². The third-order valence-corrected chi connectivity index (χ3v) is 7.27. The van der Waals surface area contributed by atoms with E-state index in [0.717, 1.165) is 48.4 Å². The van der Waals surface area contributed by atoms with Gasteiger partial charge in [0.2, 0.25) is 11.8 Å². The molecular weight excluding hydrogens is 418 g/mol. The number of amides is 2. The number of anilines is 1. The summed E-state index contributed by atoms with van der Waals surface area (Å²) < 4.78 is 0. The molecule has 5 nitrogen and oxygen atoms in total. The van der Waals surface area contributed by atoms with Gasteiger partial charge in [-0.05, 0) is 36.8 Å². The van der Waals surface area contributed by atoms with Gasteiger partial charge in [0.25, 0.3) is 0 Å². The van der Waals surface area contributed by atoms with E-state index in [4.69, 9.17) is 4.98 Å². The molecular formula is C26H27N3O2S. The Morgan fingerprint density at radius 3 is 2.41 bits per heavy atom. The normalized spacial score (nSPS) is 18.4. The average Bonchev–Trinajstić information content (AvgIpc) is 3.62. The highest BCUT2D eigenvalue weighted by molar-refractivity contribution is 7.19. The maximum atomic E-state index is 13.1. The fraction of sp³-hybridized carbons (Fsp3) is 0.346. The topological polar surface area (TPSA) is 62.3 Å². The van der Waals surface area contributed by atoms with Crippen molar-refractivity contribution in [3.05, 3.63) is 71.9 Å². The number of thiazole rings is 1. The third kappa shape index (κ3) is 4.75. The van der Waals surface area contributed by atoms with E-state index in [1.165, 1.54) is 16.9 Å². The predicted octanol–water partition coefficient (Wildman–Crippen LogP) is 4.99. The molecule has 1 unspecified atom stereocenters. The van der Waals surface area contributed by atoms with E-state index in [0.29, 0.717) is 18.1 Å². The molecule has 1 saturated heterocycles. The van der Waals surface area contributed by atoms with Crippen LogP contribution in [-0.2, 0) is 16.0 Å². The van der Waals surface area contributed by atoms with E-state index in [1.54, 1.807) is 0 Å². The van der Waals surface area contributed by atoms with Gasteiger partial charge in [-0.2, -0.15) is 0 Å². The molecule has 6 heteroatoms. The molecule has 2 fully saturated rings. The van der Waals surface area contributed by atoms with Crippen molar-refractivity contribution >= 4 is 28.3 Å². The van der Waals surface area contributed by atoms with Crippen molar-refractivity contribution in [3.8, 4) is 10.4 Å². The highest BCUT2D eigenvalue weighted by atomic mass is 32.1. The molecule has 5 rings (SSSR count). The van der Waals surface area contributed by atoms with E-state index >= 15 is 0 Å². The number of aromatic nitrogens is 1. The molecule has 3 aromatic rings. The summed E-state index contributed by atoms with van der Waals surface area (Å²) in [6.45, 7) is 1.30. The molecule has 0 radical (unpaired) electrons. The van der Waals surface area contributed by atoms with Crippen molar-refractivity contribution in [2.75, 3.05) is 18.4 Å². The van der Waals surface area contributed by atoms with Crippen molar-refractivity contribution in [2.24, 2.45) is 11.8 Å². The molecule has 2 aliphatic rings. The Bertz CT molecular complexity index is 1090. The molecule has 0 spiro atoms. The van der Waals surface area contributed by atoms with E-state index in [9.17, 15) is 9.59 Å². The summed E-state index contributed by atoms with van der Waals surface area (Å²) in [5, 5.41) is 3.69. The molecule has 2 amide bonds. The van der Waals surface area contributed by atoms with Gasteiger partial charge in [0.05, 0.1) is 16.5 Å². The number of benzene rings is 2. The average molecular weight is 446 g/mol. The van der Waals surface area contributed by atoms with Crippen LogP contribution in [0.5, 0.6) is 0 Å². The first kappa shape index (κ1) is 20.9. The molecule has 1 aliphatic carbocycles. The predicted molar refractivity (Wildman–Crippen MR) is 127 cm³/mol. The first-order valence-electron chi connectivity index (χ1n) is 11.4. The zero-order valence-electron chi connectivity index (χ0n) is 18.0. The van der Waals surface area contributed by atoms with E-state index in [-0.39, 0.29) is 23.7 Å². The zero-order valence-corrected chi connectivity index (χ0v) is 18.8. The number of carbonyl (C=O) groups is 2. The lowest BCUT2D eigenvalue weighted by atomic mass is 9.97. The highest BCUT2D eigenvalue weighted by Crippen LogP contribution is 2.35. The lowest BCUT2D eigenvalue weighted by Gasteiger charge is -2.32. The summed E-state index contributed by atoms with van der Waals surface area (Å²) in [7, 11) is 0. The van der Waals surface area contributed by atoms with Gasteiger partial charge in [0.15, 0.2) is 5.13 Å². The molecule has 0 bridgehead atoms. The van der Waals surface area contributed by atoms with Crippen LogP contribution in [0, 0.1) is 11.8 Å². The highest BCUT2D eigenvalue weighted by Gasteiger charge is 2.36. The number of rotatable bonds is 6. The van der Waals surface area contributed by atoms with Gasteiger partial charge < -0.3 is 10.2 Å². The van der Waals surface area contributed by atoms with Crippen molar-refractivity contribution in [1.82, 2.24) is 9.88 Å². The minimum absolute atomic E-state index is 0.0297. The van der Waals surface area contributed by atoms with Gasteiger partial charge in [-0.15, -0.1) is 0 Å². The number of piperidine rings is 1. The maximum absolute atomic E-state index is 13.1. The Morgan fingerprint density at radius 1 is 0.969 bits per heavy atom. The van der Waals surface area contributed by atoms with Crippen molar-refractivity contribution in [2.45, 2.75) is 32.1 Å². The molecule has 1 saturated carbocycles. The molecule has 1 N–H and O–H groups in total. The van der Waals surface area contributed by atoms with Gasteiger partial charge in [-0.1, -0.05) is 72.0 Å². The van der Waals surface area contributed by atoms with Crippen LogP contribution in [-0.4, -0.2) is 34.8 Å². The Hall–Kier alpha value is -2.99. The van der Waals surface area contributed by atoms with Crippen LogP contribution in [0.25, 0.3) is 10.4 Å². The molecule has 1 aliphatic heterocycles. The Balaban J connectivity index is 1.34. The van der Waals surface area contributed by atoms with Crippen molar-refractivity contribution in [3.63, 3.8) is 0 Å². The van der Waals surface area contributed by atoms with Crippen LogP contribution in [0.3, 0.4) is 0 Å². The maximum Gasteiger partial charge on any atom is 0.231 e. The second-order valence-corrected chi connectivity index (χ2v) is 9.71. The second kappa shape index (κ2) is 9.25. The second-order valence-electron chi connectivity index (χ2n) is 8.71. The summed E-state index contributed by atoms with van der Waals surface area (Å²) >= 11 is 1.52. The van der Waals surface area contributed by atoms with Crippen LogP contribution in [0.1, 0.15) is 36.9 Å². The number of hydrogen-bond donors (Lipinski definition) is 1. The van der Waals surface area contributed by atoms with E-state index in [1.807, 2.05) is 41.3 Å². The summed E-state index contributed by atoms with van der Waals surface area (Å²) in [6, 6.07) is 20.5. The Morgan fingerprint density at radius 2 is 1.69 bits per heavy atom. The van der Waals surface area contributed by atoms with Crippen LogP contribution in [0.4, 0.5) is 5.13 Å². The number of nitrogens with zero attached hydrogens (tertiary/aromatic N) is 2. The van der Waals surface area contributed by atoms with Gasteiger partial charge in [0.1, 0.15) is 0 Å². The van der Waals surface area contributed by atoms with Crippen LogP contribution < -0.4 is 5.32 Å². The van der Waals surface area contributed by atoms with Gasteiger partial charge in [0, 0.05) is 25.4 Å². The lowest BCUT2D eigenvalue weighted by Crippen LogP contribution is -2.44. The van der Waals surface area contributed by atoms with Gasteiger partial charge in [-0.25, -0.2) is 4.98 Å². The molecule has 2 aromatic carbocycles. The first-order valence-corrected chi connectivity index (χ1v) is 12.2. The minimum Gasteiger partial charge on any atom is -0.342 e. The molecule has 1 aromatic heterocycles. The van der Waals surface area contributed by atoms with Crippen molar-refractivity contribution in [1.29, 1.82) is 0 Å². The number of carbonyl (C=O) groups excluding carboxylic acids is 2.